The average Bonchev–Trinajstić information content (AvgIpc) is 3.01. The lowest BCUT2D eigenvalue weighted by molar-refractivity contribution is 0.592. The van der Waals surface area contributed by atoms with E-state index in [1.165, 1.54) is 24.8 Å². The Balaban J connectivity index is 1.84. The van der Waals surface area contributed by atoms with Crippen LogP contribution in [0.1, 0.15) is 38.2 Å². The van der Waals surface area contributed by atoms with E-state index in [4.69, 9.17) is 15.0 Å². The second-order valence-corrected chi connectivity index (χ2v) is 6.87. The molecule has 0 fully saturated rings. The van der Waals surface area contributed by atoms with Gasteiger partial charge in [-0.15, -0.1) is 0 Å². The van der Waals surface area contributed by atoms with Gasteiger partial charge in [-0.3, -0.25) is 0 Å². The highest BCUT2D eigenvalue weighted by Gasteiger charge is 2.15. The molecule has 0 aliphatic rings. The van der Waals surface area contributed by atoms with Crippen molar-refractivity contribution in [1.82, 2.24) is 19.5 Å². The van der Waals surface area contributed by atoms with Crippen molar-refractivity contribution in [1.29, 1.82) is 0 Å². The number of benzene rings is 2. The quantitative estimate of drug-likeness (QED) is 0.432. The van der Waals surface area contributed by atoms with Gasteiger partial charge in [-0.1, -0.05) is 68.1 Å². The molecule has 0 aliphatic heterocycles. The van der Waals surface area contributed by atoms with Crippen LogP contribution in [-0.4, -0.2) is 19.5 Å². The first-order chi connectivity index (χ1) is 12.8. The lowest BCUT2D eigenvalue weighted by Gasteiger charge is -2.09. The van der Waals surface area contributed by atoms with Crippen LogP contribution in [0.2, 0.25) is 0 Å². The summed E-state index contributed by atoms with van der Waals surface area (Å²) in [6.45, 7) is 5.27. The SMILES string of the molecule is CCCCCCn1c(-c2ccc(C)cc2)nc2nc3ccccc3nc21. The van der Waals surface area contributed by atoms with Crippen molar-refractivity contribution >= 4 is 22.3 Å². The van der Waals surface area contributed by atoms with Crippen LogP contribution < -0.4 is 0 Å². The number of hydrogen-bond acceptors (Lipinski definition) is 3. The molecule has 2 heterocycles. The Labute approximate surface area is 153 Å². The van der Waals surface area contributed by atoms with Crippen LogP contribution in [0.3, 0.4) is 0 Å². The van der Waals surface area contributed by atoms with Gasteiger partial charge in [-0.2, -0.15) is 0 Å². The smallest absolute Gasteiger partial charge is 0.198 e. The standard InChI is InChI=1S/C22H24N4/c1-3-4-5-8-15-26-21(17-13-11-16(2)12-14-17)25-20-22(26)24-19-10-7-6-9-18(19)23-20/h6-7,9-14H,3-5,8,15H2,1-2H3. The van der Waals surface area contributed by atoms with Crippen molar-refractivity contribution in [3.63, 3.8) is 0 Å². The van der Waals surface area contributed by atoms with Crippen molar-refractivity contribution in [3.8, 4) is 11.4 Å². The molecule has 0 aliphatic carbocycles. The molecule has 4 rings (SSSR count). The Bertz CT molecular complexity index is 1030. The monoisotopic (exact) mass is 344 g/mol. The van der Waals surface area contributed by atoms with E-state index < -0.39 is 0 Å². The number of hydrogen-bond donors (Lipinski definition) is 0. The molecule has 2 aromatic heterocycles. The van der Waals surface area contributed by atoms with Gasteiger partial charge in [0, 0.05) is 12.1 Å². The minimum absolute atomic E-state index is 0.731. The molecule has 0 saturated carbocycles. The average molecular weight is 344 g/mol. The molecular weight excluding hydrogens is 320 g/mol. The van der Waals surface area contributed by atoms with E-state index in [-0.39, 0.29) is 0 Å². The van der Waals surface area contributed by atoms with Crippen LogP contribution in [-0.2, 0) is 6.54 Å². The lowest BCUT2D eigenvalue weighted by Crippen LogP contribution is -2.02. The highest BCUT2D eigenvalue weighted by Crippen LogP contribution is 2.25. The molecule has 2 aromatic carbocycles. The highest BCUT2D eigenvalue weighted by molar-refractivity contribution is 5.84. The van der Waals surface area contributed by atoms with E-state index in [1.54, 1.807) is 0 Å². The van der Waals surface area contributed by atoms with Crippen molar-refractivity contribution < 1.29 is 0 Å². The van der Waals surface area contributed by atoms with Gasteiger partial charge < -0.3 is 4.57 Å². The molecule has 0 saturated heterocycles. The molecule has 0 radical (unpaired) electrons. The van der Waals surface area contributed by atoms with Crippen LogP contribution in [0.4, 0.5) is 0 Å². The number of aryl methyl sites for hydroxylation is 2. The van der Waals surface area contributed by atoms with Crippen LogP contribution >= 0.6 is 0 Å². The van der Waals surface area contributed by atoms with Crippen molar-refractivity contribution in [2.45, 2.75) is 46.1 Å². The summed E-state index contributed by atoms with van der Waals surface area (Å²) in [4.78, 5) is 14.5. The second-order valence-electron chi connectivity index (χ2n) is 6.87. The fourth-order valence-corrected chi connectivity index (χ4v) is 3.33. The van der Waals surface area contributed by atoms with Crippen molar-refractivity contribution in [2.24, 2.45) is 0 Å². The first kappa shape index (κ1) is 16.7. The third-order valence-corrected chi connectivity index (χ3v) is 4.80. The fourth-order valence-electron chi connectivity index (χ4n) is 3.33. The molecule has 132 valence electrons. The second kappa shape index (κ2) is 7.24. The van der Waals surface area contributed by atoms with Gasteiger partial charge in [0.2, 0.25) is 0 Å². The highest BCUT2D eigenvalue weighted by atomic mass is 15.2. The van der Waals surface area contributed by atoms with Gasteiger partial charge in [0.1, 0.15) is 5.82 Å². The summed E-state index contributed by atoms with van der Waals surface area (Å²) < 4.78 is 2.25. The van der Waals surface area contributed by atoms with Gasteiger partial charge in [-0.05, 0) is 25.5 Å². The van der Waals surface area contributed by atoms with Crippen LogP contribution in [0, 0.1) is 6.92 Å². The van der Waals surface area contributed by atoms with Gasteiger partial charge in [0.05, 0.1) is 11.0 Å². The summed E-state index contributed by atoms with van der Waals surface area (Å²) in [6, 6.07) is 16.5. The van der Waals surface area contributed by atoms with E-state index in [0.717, 1.165) is 46.7 Å². The van der Waals surface area contributed by atoms with Gasteiger partial charge >= 0.3 is 0 Å². The normalized spacial score (nSPS) is 11.5. The summed E-state index contributed by atoms with van der Waals surface area (Å²) in [5.41, 5.74) is 5.80. The summed E-state index contributed by atoms with van der Waals surface area (Å²) >= 11 is 0. The molecule has 0 spiro atoms. The number of rotatable bonds is 6. The zero-order valence-electron chi connectivity index (χ0n) is 15.4. The minimum atomic E-state index is 0.731. The summed E-state index contributed by atoms with van der Waals surface area (Å²) in [6.07, 6.45) is 4.86. The molecule has 0 amide bonds. The predicted octanol–water partition coefficient (Wildman–Crippen LogP) is 5.54. The van der Waals surface area contributed by atoms with E-state index >= 15 is 0 Å². The molecular formula is C22H24N4. The van der Waals surface area contributed by atoms with Crippen LogP contribution in [0.25, 0.3) is 33.7 Å². The first-order valence-electron chi connectivity index (χ1n) is 9.46. The largest absolute Gasteiger partial charge is 0.307 e. The predicted molar refractivity (Wildman–Crippen MR) is 107 cm³/mol. The van der Waals surface area contributed by atoms with E-state index in [9.17, 15) is 0 Å². The molecule has 26 heavy (non-hydrogen) atoms. The fraction of sp³-hybridized carbons (Fsp3) is 0.318. The molecule has 4 nitrogen and oxygen atoms in total. The molecule has 4 heteroatoms. The maximum absolute atomic E-state index is 4.88. The number of nitrogens with zero attached hydrogens (tertiary/aromatic N) is 4. The maximum Gasteiger partial charge on any atom is 0.198 e. The molecule has 0 bridgehead atoms. The summed E-state index contributed by atoms with van der Waals surface area (Å²) in [5, 5.41) is 0. The van der Waals surface area contributed by atoms with Gasteiger partial charge in [0.15, 0.2) is 11.3 Å². The lowest BCUT2D eigenvalue weighted by atomic mass is 10.1. The van der Waals surface area contributed by atoms with E-state index in [0.29, 0.717) is 0 Å². The molecule has 0 unspecified atom stereocenters. The van der Waals surface area contributed by atoms with Crippen LogP contribution in [0.5, 0.6) is 0 Å². The van der Waals surface area contributed by atoms with Crippen LogP contribution in [0.15, 0.2) is 48.5 Å². The van der Waals surface area contributed by atoms with Gasteiger partial charge in [0.25, 0.3) is 0 Å². The van der Waals surface area contributed by atoms with Crippen molar-refractivity contribution in [3.05, 3.63) is 54.1 Å². The Hall–Kier alpha value is -2.75. The number of unbranched alkanes of at least 4 members (excludes halogenated alkanes) is 3. The zero-order chi connectivity index (χ0) is 17.9. The number of aromatic nitrogens is 4. The van der Waals surface area contributed by atoms with Crippen molar-refractivity contribution in [2.75, 3.05) is 0 Å². The minimum Gasteiger partial charge on any atom is -0.307 e. The van der Waals surface area contributed by atoms with E-state index in [1.807, 2.05) is 24.3 Å². The Morgan fingerprint density at radius 3 is 2.27 bits per heavy atom. The Kier molecular flexibility index (Phi) is 4.65. The summed E-state index contributed by atoms with van der Waals surface area (Å²) in [5.74, 6) is 0.965. The third-order valence-electron chi connectivity index (χ3n) is 4.80. The number of para-hydroxylation sites is 2. The maximum atomic E-state index is 4.88. The number of imidazole rings is 1. The first-order valence-corrected chi connectivity index (χ1v) is 9.46. The zero-order valence-corrected chi connectivity index (χ0v) is 15.4. The molecule has 0 atom stereocenters. The molecule has 0 N–H and O–H groups in total. The topological polar surface area (TPSA) is 43.6 Å². The van der Waals surface area contributed by atoms with E-state index in [2.05, 4.69) is 42.7 Å². The van der Waals surface area contributed by atoms with Gasteiger partial charge in [-0.25, -0.2) is 15.0 Å². The molecule has 4 aromatic rings. The third kappa shape index (κ3) is 3.19. The Morgan fingerprint density at radius 1 is 0.808 bits per heavy atom. The summed E-state index contributed by atoms with van der Waals surface area (Å²) in [7, 11) is 0. The Morgan fingerprint density at radius 2 is 1.54 bits per heavy atom. The number of fused-ring (bicyclic) bond motifs is 2.